The normalized spacial score (nSPS) is 10.1. The molecule has 0 aromatic heterocycles. The molecule has 0 saturated carbocycles. The average Bonchev–Trinajstić information content (AvgIpc) is 2.29. The Hall–Kier alpha value is -2.77. The van der Waals surface area contributed by atoms with E-state index in [9.17, 15) is 19.7 Å². The van der Waals surface area contributed by atoms with Crippen molar-refractivity contribution < 1.29 is 14.5 Å². The monoisotopic (exact) mass is 236 g/mol. The maximum Gasteiger partial charge on any atom is 0.329 e. The van der Waals surface area contributed by atoms with Crippen molar-refractivity contribution in [2.24, 2.45) is 10.8 Å². The molecule has 8 heteroatoms. The van der Waals surface area contributed by atoms with Crippen LogP contribution in [0.3, 0.4) is 0 Å². The van der Waals surface area contributed by atoms with Crippen LogP contribution in [0.1, 0.15) is 5.56 Å². The van der Waals surface area contributed by atoms with Gasteiger partial charge in [-0.05, 0) is 17.7 Å². The number of primary amides is 1. The molecule has 2 amide bonds. The molecule has 0 fully saturated rings. The molecule has 1 aromatic rings. The van der Waals surface area contributed by atoms with Gasteiger partial charge in [0.1, 0.15) is 0 Å². The minimum Gasteiger partial charge on any atom is -0.361 e. The fourth-order valence-corrected chi connectivity index (χ4v) is 0.903. The number of amides is 2. The Kier molecular flexibility index (Phi) is 3.87. The molecular weight excluding hydrogens is 228 g/mol. The number of nitrogens with zero attached hydrogens (tertiary/aromatic N) is 2. The predicted octanol–water partition coefficient (Wildman–Crippen LogP) is -0.470. The molecular formula is C9H8N4O4. The van der Waals surface area contributed by atoms with E-state index in [-0.39, 0.29) is 5.69 Å². The fourth-order valence-electron chi connectivity index (χ4n) is 0.903. The lowest BCUT2D eigenvalue weighted by molar-refractivity contribution is -0.384. The third-order valence-corrected chi connectivity index (χ3v) is 1.71. The van der Waals surface area contributed by atoms with Crippen LogP contribution >= 0.6 is 0 Å². The number of non-ortho nitro benzene ring substituents is 1. The predicted molar refractivity (Wildman–Crippen MR) is 58.0 cm³/mol. The Morgan fingerprint density at radius 3 is 2.41 bits per heavy atom. The van der Waals surface area contributed by atoms with E-state index in [1.807, 2.05) is 5.43 Å². The molecule has 0 aliphatic heterocycles. The number of carbonyl (C=O) groups excluding carboxylic acids is 2. The molecule has 3 N–H and O–H groups in total. The van der Waals surface area contributed by atoms with Gasteiger partial charge in [-0.25, -0.2) is 5.43 Å². The fraction of sp³-hybridized carbons (Fsp3) is 0. The Balaban J connectivity index is 2.63. The Morgan fingerprint density at radius 1 is 1.35 bits per heavy atom. The largest absolute Gasteiger partial charge is 0.361 e. The molecule has 0 unspecified atom stereocenters. The minimum atomic E-state index is -1.15. The van der Waals surface area contributed by atoms with Gasteiger partial charge in [0.05, 0.1) is 11.1 Å². The summed E-state index contributed by atoms with van der Waals surface area (Å²) in [6, 6.07) is 5.46. The van der Waals surface area contributed by atoms with E-state index in [0.29, 0.717) is 5.56 Å². The molecule has 0 spiro atoms. The van der Waals surface area contributed by atoms with E-state index in [0.717, 1.165) is 0 Å². The molecule has 0 atom stereocenters. The van der Waals surface area contributed by atoms with E-state index in [1.54, 1.807) is 0 Å². The van der Waals surface area contributed by atoms with Crippen LogP contribution in [0.2, 0.25) is 0 Å². The summed E-state index contributed by atoms with van der Waals surface area (Å²) in [6.07, 6.45) is 1.23. The summed E-state index contributed by atoms with van der Waals surface area (Å²) in [5, 5.41) is 13.8. The number of hydrogen-bond acceptors (Lipinski definition) is 5. The van der Waals surface area contributed by atoms with E-state index in [4.69, 9.17) is 0 Å². The number of nitro groups is 1. The smallest absolute Gasteiger partial charge is 0.329 e. The van der Waals surface area contributed by atoms with Crippen LogP contribution < -0.4 is 11.2 Å². The van der Waals surface area contributed by atoms with Crippen molar-refractivity contribution in [2.75, 3.05) is 0 Å². The van der Waals surface area contributed by atoms with Gasteiger partial charge >= 0.3 is 11.8 Å². The number of nitrogens with two attached hydrogens (primary N) is 1. The first-order valence-corrected chi connectivity index (χ1v) is 4.38. The van der Waals surface area contributed by atoms with E-state index in [1.165, 1.54) is 30.5 Å². The van der Waals surface area contributed by atoms with Crippen molar-refractivity contribution in [3.63, 3.8) is 0 Å². The Bertz CT molecular complexity index is 480. The number of rotatable bonds is 3. The van der Waals surface area contributed by atoms with Crippen LogP contribution in [0.4, 0.5) is 5.69 Å². The van der Waals surface area contributed by atoms with E-state index in [2.05, 4.69) is 10.8 Å². The lowest BCUT2D eigenvalue weighted by Gasteiger charge is -1.94. The maximum atomic E-state index is 10.7. The lowest BCUT2D eigenvalue weighted by atomic mass is 10.2. The number of nitrogens with one attached hydrogen (secondary N) is 1. The standard InChI is InChI=1S/C9H8N4O4/c10-8(14)9(15)12-11-5-6-1-3-7(4-2-6)13(16)17/h1-5H,(H2,10,14)(H,12,15). The first-order chi connectivity index (χ1) is 8.00. The van der Waals surface area contributed by atoms with Crippen molar-refractivity contribution in [3.8, 4) is 0 Å². The summed E-state index contributed by atoms with van der Waals surface area (Å²) in [7, 11) is 0. The van der Waals surface area contributed by atoms with Crippen LogP contribution in [-0.4, -0.2) is 23.0 Å². The first kappa shape index (κ1) is 12.3. The Morgan fingerprint density at radius 2 is 1.94 bits per heavy atom. The third kappa shape index (κ3) is 3.70. The summed E-state index contributed by atoms with van der Waals surface area (Å²) in [5.41, 5.74) is 7.03. The lowest BCUT2D eigenvalue weighted by Crippen LogP contribution is -2.32. The van der Waals surface area contributed by atoms with Crippen LogP contribution in [0.5, 0.6) is 0 Å². The van der Waals surface area contributed by atoms with Crippen molar-refractivity contribution in [2.45, 2.75) is 0 Å². The number of carbonyl (C=O) groups is 2. The Labute approximate surface area is 95.3 Å². The van der Waals surface area contributed by atoms with Crippen molar-refractivity contribution in [1.29, 1.82) is 0 Å². The summed E-state index contributed by atoms with van der Waals surface area (Å²) in [6.45, 7) is 0. The van der Waals surface area contributed by atoms with Crippen molar-refractivity contribution in [3.05, 3.63) is 39.9 Å². The zero-order valence-corrected chi connectivity index (χ0v) is 8.49. The highest BCUT2D eigenvalue weighted by molar-refractivity contribution is 6.34. The highest BCUT2D eigenvalue weighted by Crippen LogP contribution is 2.10. The molecule has 1 rings (SSSR count). The van der Waals surface area contributed by atoms with Crippen LogP contribution in [-0.2, 0) is 9.59 Å². The third-order valence-electron chi connectivity index (χ3n) is 1.71. The van der Waals surface area contributed by atoms with Crippen molar-refractivity contribution in [1.82, 2.24) is 5.43 Å². The second kappa shape index (κ2) is 5.35. The zero-order valence-electron chi connectivity index (χ0n) is 8.49. The van der Waals surface area contributed by atoms with Gasteiger partial charge in [-0.1, -0.05) is 0 Å². The van der Waals surface area contributed by atoms with Gasteiger partial charge in [0, 0.05) is 12.1 Å². The second-order valence-corrected chi connectivity index (χ2v) is 2.91. The van der Waals surface area contributed by atoms with Gasteiger partial charge in [-0.15, -0.1) is 0 Å². The van der Waals surface area contributed by atoms with Crippen molar-refractivity contribution >= 4 is 23.7 Å². The van der Waals surface area contributed by atoms with Crippen LogP contribution in [0.15, 0.2) is 29.4 Å². The summed E-state index contributed by atoms with van der Waals surface area (Å²) in [4.78, 5) is 30.8. The molecule has 0 aliphatic carbocycles. The maximum absolute atomic E-state index is 10.7. The molecule has 0 saturated heterocycles. The van der Waals surface area contributed by atoms with E-state index >= 15 is 0 Å². The second-order valence-electron chi connectivity index (χ2n) is 2.91. The summed E-state index contributed by atoms with van der Waals surface area (Å²) in [5.74, 6) is -2.19. The SMILES string of the molecule is NC(=O)C(=O)NN=Cc1ccc([N+](=O)[O-])cc1. The van der Waals surface area contributed by atoms with Gasteiger partial charge < -0.3 is 5.73 Å². The number of hydrogen-bond donors (Lipinski definition) is 2. The first-order valence-electron chi connectivity index (χ1n) is 4.38. The molecule has 88 valence electrons. The molecule has 0 radical (unpaired) electrons. The molecule has 0 aliphatic rings. The molecule has 8 nitrogen and oxygen atoms in total. The molecule has 0 bridgehead atoms. The number of benzene rings is 1. The van der Waals surface area contributed by atoms with Crippen LogP contribution in [0, 0.1) is 10.1 Å². The van der Waals surface area contributed by atoms with Gasteiger partial charge in [-0.3, -0.25) is 19.7 Å². The highest BCUT2D eigenvalue weighted by Gasteiger charge is 2.05. The number of hydrazone groups is 1. The quantitative estimate of drug-likeness (QED) is 0.318. The average molecular weight is 236 g/mol. The van der Waals surface area contributed by atoms with Crippen LogP contribution in [0.25, 0.3) is 0 Å². The highest BCUT2D eigenvalue weighted by atomic mass is 16.6. The molecule has 1 aromatic carbocycles. The molecule has 17 heavy (non-hydrogen) atoms. The van der Waals surface area contributed by atoms with Gasteiger partial charge in [-0.2, -0.15) is 5.10 Å². The zero-order chi connectivity index (χ0) is 12.8. The minimum absolute atomic E-state index is 0.0525. The summed E-state index contributed by atoms with van der Waals surface area (Å²) >= 11 is 0. The van der Waals surface area contributed by atoms with Gasteiger partial charge in [0.2, 0.25) is 0 Å². The molecule has 0 heterocycles. The van der Waals surface area contributed by atoms with Gasteiger partial charge in [0.15, 0.2) is 0 Å². The number of nitro benzene ring substituents is 1. The summed E-state index contributed by atoms with van der Waals surface area (Å²) < 4.78 is 0. The topological polar surface area (TPSA) is 128 Å². The van der Waals surface area contributed by atoms with Gasteiger partial charge in [0.25, 0.3) is 5.69 Å². The van der Waals surface area contributed by atoms with E-state index < -0.39 is 16.7 Å².